The molecule has 7 heteroatoms. The third-order valence-electron chi connectivity index (χ3n) is 3.23. The van der Waals surface area contributed by atoms with Crippen molar-refractivity contribution < 1.29 is 5.11 Å². The number of nitrogens with zero attached hydrogens (tertiary/aromatic N) is 3. The van der Waals surface area contributed by atoms with Gasteiger partial charge in [0.25, 0.3) is 0 Å². The number of hydrogen-bond acceptors (Lipinski definition) is 6. The minimum atomic E-state index is -0.246. The SMILES string of the molecule is CNc1nc(NC(CO)c2ccccc2)c2cn[nH]c2n1. The highest BCUT2D eigenvalue weighted by Crippen LogP contribution is 2.24. The van der Waals surface area contributed by atoms with Crippen LogP contribution in [0.5, 0.6) is 0 Å². The van der Waals surface area contributed by atoms with Crippen molar-refractivity contribution in [2.24, 2.45) is 0 Å². The van der Waals surface area contributed by atoms with Crippen LogP contribution < -0.4 is 10.6 Å². The van der Waals surface area contributed by atoms with Gasteiger partial charge in [-0.3, -0.25) is 5.10 Å². The van der Waals surface area contributed by atoms with Crippen molar-refractivity contribution in [1.29, 1.82) is 0 Å². The maximum absolute atomic E-state index is 9.65. The molecule has 108 valence electrons. The largest absolute Gasteiger partial charge is 0.394 e. The highest BCUT2D eigenvalue weighted by atomic mass is 16.3. The lowest BCUT2D eigenvalue weighted by molar-refractivity contribution is 0.276. The van der Waals surface area contributed by atoms with Gasteiger partial charge in [0, 0.05) is 7.05 Å². The van der Waals surface area contributed by atoms with E-state index in [1.54, 1.807) is 13.2 Å². The molecule has 2 heterocycles. The van der Waals surface area contributed by atoms with Crippen molar-refractivity contribution in [3.05, 3.63) is 42.1 Å². The average Bonchev–Trinajstić information content (AvgIpc) is 3.01. The second-order valence-corrected chi connectivity index (χ2v) is 4.57. The molecule has 3 rings (SSSR count). The second kappa shape index (κ2) is 5.76. The highest BCUT2D eigenvalue weighted by molar-refractivity contribution is 5.87. The van der Waals surface area contributed by atoms with Crippen LogP contribution in [0.15, 0.2) is 36.5 Å². The van der Waals surface area contributed by atoms with Gasteiger partial charge in [-0.05, 0) is 5.56 Å². The van der Waals surface area contributed by atoms with Gasteiger partial charge in [-0.15, -0.1) is 0 Å². The van der Waals surface area contributed by atoms with E-state index in [1.165, 1.54) is 0 Å². The molecule has 3 aromatic rings. The molecular formula is C14H16N6O. The third-order valence-corrected chi connectivity index (χ3v) is 3.23. The predicted octanol–water partition coefficient (Wildman–Crippen LogP) is 1.54. The van der Waals surface area contributed by atoms with Crippen LogP contribution in [0.2, 0.25) is 0 Å². The molecule has 4 N–H and O–H groups in total. The van der Waals surface area contributed by atoms with E-state index in [2.05, 4.69) is 30.8 Å². The van der Waals surface area contributed by atoms with E-state index in [0.29, 0.717) is 17.4 Å². The van der Waals surface area contributed by atoms with E-state index in [9.17, 15) is 5.11 Å². The van der Waals surface area contributed by atoms with Crippen molar-refractivity contribution in [1.82, 2.24) is 20.2 Å². The van der Waals surface area contributed by atoms with Crippen LogP contribution in [0.4, 0.5) is 11.8 Å². The molecule has 0 bridgehead atoms. The first-order chi connectivity index (χ1) is 10.3. The predicted molar refractivity (Wildman–Crippen MR) is 81.1 cm³/mol. The van der Waals surface area contributed by atoms with Crippen molar-refractivity contribution in [2.75, 3.05) is 24.3 Å². The lowest BCUT2D eigenvalue weighted by Gasteiger charge is -2.18. The lowest BCUT2D eigenvalue weighted by atomic mass is 10.1. The molecule has 0 saturated carbocycles. The molecule has 0 aliphatic heterocycles. The van der Waals surface area contributed by atoms with E-state index < -0.39 is 0 Å². The van der Waals surface area contributed by atoms with Crippen LogP contribution in [0.3, 0.4) is 0 Å². The van der Waals surface area contributed by atoms with Crippen molar-refractivity contribution in [3.63, 3.8) is 0 Å². The smallest absolute Gasteiger partial charge is 0.226 e. The zero-order valence-corrected chi connectivity index (χ0v) is 11.5. The van der Waals surface area contributed by atoms with Crippen LogP contribution in [-0.2, 0) is 0 Å². The summed E-state index contributed by atoms with van der Waals surface area (Å²) in [5.41, 5.74) is 1.63. The molecule has 0 radical (unpaired) electrons. The fourth-order valence-corrected chi connectivity index (χ4v) is 2.14. The fraction of sp³-hybridized carbons (Fsp3) is 0.214. The number of anilines is 2. The number of aromatic amines is 1. The first-order valence-electron chi connectivity index (χ1n) is 6.63. The number of hydrogen-bond donors (Lipinski definition) is 4. The summed E-state index contributed by atoms with van der Waals surface area (Å²) in [5.74, 6) is 1.11. The fourth-order valence-electron chi connectivity index (χ4n) is 2.14. The topological polar surface area (TPSA) is 98.8 Å². The summed E-state index contributed by atoms with van der Waals surface area (Å²) < 4.78 is 0. The van der Waals surface area contributed by atoms with Crippen LogP contribution >= 0.6 is 0 Å². The molecule has 0 amide bonds. The monoisotopic (exact) mass is 284 g/mol. The Labute approximate surface area is 121 Å². The minimum Gasteiger partial charge on any atom is -0.394 e. The number of nitrogens with one attached hydrogen (secondary N) is 3. The van der Waals surface area contributed by atoms with Crippen molar-refractivity contribution >= 4 is 22.8 Å². The molecule has 1 unspecified atom stereocenters. The van der Waals surface area contributed by atoms with Gasteiger partial charge in [0.1, 0.15) is 5.82 Å². The highest BCUT2D eigenvalue weighted by Gasteiger charge is 2.15. The molecule has 1 atom stereocenters. The summed E-state index contributed by atoms with van der Waals surface area (Å²) in [6, 6.07) is 9.49. The molecule has 7 nitrogen and oxygen atoms in total. The average molecular weight is 284 g/mol. The van der Waals surface area contributed by atoms with Gasteiger partial charge in [0.2, 0.25) is 5.95 Å². The zero-order chi connectivity index (χ0) is 14.7. The summed E-state index contributed by atoms with van der Waals surface area (Å²) in [6.07, 6.45) is 1.66. The molecule has 0 spiro atoms. The summed E-state index contributed by atoms with van der Waals surface area (Å²) in [6.45, 7) is -0.0394. The van der Waals surface area contributed by atoms with Gasteiger partial charge in [-0.1, -0.05) is 30.3 Å². The number of aromatic nitrogens is 4. The minimum absolute atomic E-state index is 0.0394. The quantitative estimate of drug-likeness (QED) is 0.567. The van der Waals surface area contributed by atoms with E-state index in [1.807, 2.05) is 30.3 Å². The molecule has 2 aromatic heterocycles. The maximum atomic E-state index is 9.65. The standard InChI is InChI=1S/C14H16N6O/c1-15-14-18-12(10-7-16-20-13(10)19-14)17-11(8-21)9-5-3-2-4-6-9/h2-7,11,21H,8H2,1H3,(H3,15,16,17,18,19,20). The summed E-state index contributed by atoms with van der Waals surface area (Å²) in [4.78, 5) is 8.68. The van der Waals surface area contributed by atoms with Gasteiger partial charge in [-0.25, -0.2) is 0 Å². The normalized spacial score (nSPS) is 12.3. The Morgan fingerprint density at radius 1 is 1.24 bits per heavy atom. The van der Waals surface area contributed by atoms with Gasteiger partial charge >= 0.3 is 0 Å². The van der Waals surface area contributed by atoms with Crippen LogP contribution in [0, 0.1) is 0 Å². The maximum Gasteiger partial charge on any atom is 0.226 e. The van der Waals surface area contributed by atoms with Crippen LogP contribution in [0.25, 0.3) is 11.0 Å². The molecule has 0 aliphatic carbocycles. The summed E-state index contributed by atoms with van der Waals surface area (Å²) in [7, 11) is 1.75. The third kappa shape index (κ3) is 2.63. The van der Waals surface area contributed by atoms with Crippen LogP contribution in [0.1, 0.15) is 11.6 Å². The Hall–Kier alpha value is -2.67. The Morgan fingerprint density at radius 3 is 2.76 bits per heavy atom. The molecule has 0 saturated heterocycles. The molecule has 0 fully saturated rings. The van der Waals surface area contributed by atoms with Crippen molar-refractivity contribution in [3.8, 4) is 0 Å². The Kier molecular flexibility index (Phi) is 3.65. The number of aliphatic hydroxyl groups is 1. The molecule has 0 aliphatic rings. The Balaban J connectivity index is 1.98. The number of fused-ring (bicyclic) bond motifs is 1. The number of H-pyrrole nitrogens is 1. The van der Waals surface area contributed by atoms with E-state index in [0.717, 1.165) is 10.9 Å². The first kappa shape index (κ1) is 13.3. The van der Waals surface area contributed by atoms with Crippen LogP contribution in [-0.4, -0.2) is 38.9 Å². The van der Waals surface area contributed by atoms with Gasteiger partial charge < -0.3 is 15.7 Å². The first-order valence-corrected chi connectivity index (χ1v) is 6.63. The second-order valence-electron chi connectivity index (χ2n) is 4.57. The molecular weight excluding hydrogens is 268 g/mol. The summed E-state index contributed by atoms with van der Waals surface area (Å²) in [5, 5.41) is 23.4. The van der Waals surface area contributed by atoms with E-state index in [-0.39, 0.29) is 12.6 Å². The summed E-state index contributed by atoms with van der Waals surface area (Å²) >= 11 is 0. The number of rotatable bonds is 5. The molecule has 1 aromatic carbocycles. The van der Waals surface area contributed by atoms with Gasteiger partial charge in [0.15, 0.2) is 5.65 Å². The number of benzene rings is 1. The van der Waals surface area contributed by atoms with E-state index in [4.69, 9.17) is 0 Å². The zero-order valence-electron chi connectivity index (χ0n) is 11.5. The lowest BCUT2D eigenvalue weighted by Crippen LogP contribution is -2.16. The van der Waals surface area contributed by atoms with E-state index >= 15 is 0 Å². The van der Waals surface area contributed by atoms with Gasteiger partial charge in [-0.2, -0.15) is 15.1 Å². The Morgan fingerprint density at radius 2 is 2.05 bits per heavy atom. The van der Waals surface area contributed by atoms with Gasteiger partial charge in [0.05, 0.1) is 24.2 Å². The van der Waals surface area contributed by atoms with Crippen molar-refractivity contribution in [2.45, 2.75) is 6.04 Å². The number of aliphatic hydroxyl groups excluding tert-OH is 1. The molecule has 21 heavy (non-hydrogen) atoms. The Bertz CT molecular complexity index is 727.